The third-order valence-corrected chi connectivity index (χ3v) is 5.29. The second-order valence-corrected chi connectivity index (χ2v) is 7.13. The highest BCUT2D eigenvalue weighted by atomic mass is 16.5. The summed E-state index contributed by atoms with van der Waals surface area (Å²) in [4.78, 5) is 27.8. The van der Waals surface area contributed by atoms with Crippen LogP contribution >= 0.6 is 0 Å². The van der Waals surface area contributed by atoms with Gasteiger partial charge in [-0.1, -0.05) is 49.7 Å². The number of hydrogen-bond acceptors (Lipinski definition) is 3. The Labute approximate surface area is 166 Å². The lowest BCUT2D eigenvalue weighted by Gasteiger charge is -2.41. The van der Waals surface area contributed by atoms with Crippen LogP contribution in [0.1, 0.15) is 44.2 Å². The highest BCUT2D eigenvalue weighted by Gasteiger charge is 2.41. The van der Waals surface area contributed by atoms with Crippen LogP contribution in [0.5, 0.6) is 5.75 Å². The number of hydrogen-bond donors (Lipinski definition) is 1. The van der Waals surface area contributed by atoms with Crippen molar-refractivity contribution in [3.8, 4) is 5.75 Å². The van der Waals surface area contributed by atoms with Gasteiger partial charge in [-0.3, -0.25) is 9.59 Å². The maximum Gasteiger partial charge on any atom is 0.229 e. The van der Waals surface area contributed by atoms with Gasteiger partial charge in [0.05, 0.1) is 19.1 Å². The van der Waals surface area contributed by atoms with Crippen molar-refractivity contribution < 1.29 is 14.3 Å². The van der Waals surface area contributed by atoms with Gasteiger partial charge in [0.25, 0.3) is 0 Å². The van der Waals surface area contributed by atoms with Gasteiger partial charge >= 0.3 is 0 Å². The molecule has 0 bridgehead atoms. The van der Waals surface area contributed by atoms with Crippen molar-refractivity contribution in [1.82, 2.24) is 4.90 Å². The molecule has 28 heavy (non-hydrogen) atoms. The fourth-order valence-corrected chi connectivity index (χ4v) is 3.87. The lowest BCUT2D eigenvalue weighted by molar-refractivity contribution is -0.142. The maximum atomic E-state index is 13.2. The summed E-state index contributed by atoms with van der Waals surface area (Å²) in [6, 6.07) is 16.8. The molecule has 0 aromatic heterocycles. The van der Waals surface area contributed by atoms with E-state index < -0.39 is 0 Å². The Kier molecular flexibility index (Phi) is 6.69. The van der Waals surface area contributed by atoms with Crippen molar-refractivity contribution in [3.63, 3.8) is 0 Å². The van der Waals surface area contributed by atoms with Crippen LogP contribution in [-0.2, 0) is 9.59 Å². The molecule has 1 N–H and O–H groups in total. The van der Waals surface area contributed by atoms with Gasteiger partial charge < -0.3 is 15.0 Å². The Bertz CT molecular complexity index is 807. The van der Waals surface area contributed by atoms with E-state index in [4.69, 9.17) is 4.74 Å². The van der Waals surface area contributed by atoms with Gasteiger partial charge in [-0.15, -0.1) is 0 Å². The number of likely N-dealkylation sites (tertiary alicyclic amines) is 1. The zero-order chi connectivity index (χ0) is 19.9. The van der Waals surface area contributed by atoms with Crippen LogP contribution in [0.2, 0.25) is 0 Å². The van der Waals surface area contributed by atoms with Crippen molar-refractivity contribution in [2.45, 2.75) is 38.6 Å². The van der Waals surface area contributed by atoms with Crippen molar-refractivity contribution in [2.24, 2.45) is 5.92 Å². The van der Waals surface area contributed by atoms with Crippen molar-refractivity contribution in [2.75, 3.05) is 19.0 Å². The summed E-state index contributed by atoms with van der Waals surface area (Å²) < 4.78 is 5.56. The van der Waals surface area contributed by atoms with E-state index in [1.54, 1.807) is 7.11 Å². The molecule has 2 aromatic rings. The second kappa shape index (κ2) is 9.40. The predicted octanol–water partition coefficient (Wildman–Crippen LogP) is 4.41. The van der Waals surface area contributed by atoms with E-state index in [-0.39, 0.29) is 23.8 Å². The number of ether oxygens (including phenoxy) is 1. The first-order valence-electron chi connectivity index (χ1n) is 9.94. The van der Waals surface area contributed by atoms with Crippen molar-refractivity contribution in [3.05, 3.63) is 60.2 Å². The van der Waals surface area contributed by atoms with Crippen LogP contribution in [0.15, 0.2) is 54.6 Å². The molecule has 2 atom stereocenters. The molecule has 1 aliphatic rings. The molecule has 2 aromatic carbocycles. The van der Waals surface area contributed by atoms with E-state index in [0.717, 1.165) is 24.1 Å². The lowest BCUT2D eigenvalue weighted by Crippen LogP contribution is -2.47. The zero-order valence-electron chi connectivity index (χ0n) is 16.6. The lowest BCUT2D eigenvalue weighted by atomic mass is 9.83. The normalized spacial score (nSPS) is 19.4. The average Bonchev–Trinajstić information content (AvgIpc) is 2.73. The standard InChI is InChI=1S/C23H28N2O3/c1-3-4-16-25-21(26)15-14-19(23(27)24-17-10-6-5-7-11-17)22(25)18-12-8-9-13-20(18)28-2/h5-13,19,22H,3-4,14-16H2,1-2H3,(H,24,27)/t19-,22+/m1/s1. The number of rotatable bonds is 7. The molecular weight excluding hydrogens is 352 g/mol. The van der Waals surface area contributed by atoms with Crippen LogP contribution in [0.4, 0.5) is 5.69 Å². The largest absolute Gasteiger partial charge is 0.496 e. The van der Waals surface area contributed by atoms with Crippen LogP contribution in [0.25, 0.3) is 0 Å². The summed E-state index contributed by atoms with van der Waals surface area (Å²) in [6.07, 6.45) is 2.82. The monoisotopic (exact) mass is 380 g/mol. The van der Waals surface area contributed by atoms with Crippen LogP contribution < -0.4 is 10.1 Å². The van der Waals surface area contributed by atoms with Crippen LogP contribution in [0.3, 0.4) is 0 Å². The Morgan fingerprint density at radius 2 is 1.86 bits per heavy atom. The number of unbranched alkanes of at least 4 members (excludes halogenated alkanes) is 1. The third kappa shape index (κ3) is 4.35. The average molecular weight is 380 g/mol. The van der Waals surface area contributed by atoms with Gasteiger partial charge in [0.1, 0.15) is 5.75 Å². The quantitative estimate of drug-likeness (QED) is 0.774. The number of nitrogens with one attached hydrogen (secondary N) is 1. The Morgan fingerprint density at radius 1 is 1.14 bits per heavy atom. The number of methoxy groups -OCH3 is 1. The molecule has 2 amide bonds. The number of amides is 2. The maximum absolute atomic E-state index is 13.2. The molecule has 1 aliphatic heterocycles. The highest BCUT2D eigenvalue weighted by Crippen LogP contribution is 2.41. The Balaban J connectivity index is 1.96. The van der Waals surface area contributed by atoms with Gasteiger partial charge in [0.15, 0.2) is 0 Å². The first-order valence-corrected chi connectivity index (χ1v) is 9.94. The number of anilines is 1. The molecule has 0 saturated carbocycles. The SMILES string of the molecule is CCCCN1C(=O)CC[C@@H](C(=O)Nc2ccccc2)[C@@H]1c1ccccc1OC. The molecule has 1 fully saturated rings. The van der Waals surface area contributed by atoms with E-state index in [2.05, 4.69) is 12.2 Å². The molecule has 1 heterocycles. The fourth-order valence-electron chi connectivity index (χ4n) is 3.87. The van der Waals surface area contributed by atoms with E-state index in [0.29, 0.717) is 25.1 Å². The summed E-state index contributed by atoms with van der Waals surface area (Å²) >= 11 is 0. The van der Waals surface area contributed by atoms with Gasteiger partial charge in [-0.05, 0) is 31.0 Å². The number of nitrogens with zero attached hydrogens (tertiary/aromatic N) is 1. The molecule has 5 heteroatoms. The molecule has 0 unspecified atom stereocenters. The van der Waals surface area contributed by atoms with Gasteiger partial charge in [0, 0.05) is 24.2 Å². The number of carbonyl (C=O) groups is 2. The minimum absolute atomic E-state index is 0.0592. The zero-order valence-corrected chi connectivity index (χ0v) is 16.6. The Morgan fingerprint density at radius 3 is 2.57 bits per heavy atom. The number of piperidine rings is 1. The Hall–Kier alpha value is -2.82. The first-order chi connectivity index (χ1) is 13.7. The minimum Gasteiger partial charge on any atom is -0.496 e. The number of carbonyl (C=O) groups excluding carboxylic acids is 2. The minimum atomic E-state index is -0.328. The summed E-state index contributed by atoms with van der Waals surface area (Å²) in [5.74, 6) is 0.427. The smallest absolute Gasteiger partial charge is 0.229 e. The summed E-state index contributed by atoms with van der Waals surface area (Å²) in [5.41, 5.74) is 1.66. The van der Waals surface area contributed by atoms with Gasteiger partial charge in [0.2, 0.25) is 11.8 Å². The van der Waals surface area contributed by atoms with E-state index in [1.165, 1.54) is 0 Å². The van der Waals surface area contributed by atoms with E-state index in [1.807, 2.05) is 59.5 Å². The van der Waals surface area contributed by atoms with Gasteiger partial charge in [-0.2, -0.15) is 0 Å². The molecule has 5 nitrogen and oxygen atoms in total. The molecule has 0 radical (unpaired) electrons. The summed E-state index contributed by atoms with van der Waals surface area (Å²) in [5, 5.41) is 3.02. The van der Waals surface area contributed by atoms with E-state index >= 15 is 0 Å². The molecule has 1 saturated heterocycles. The molecule has 148 valence electrons. The van der Waals surface area contributed by atoms with E-state index in [9.17, 15) is 9.59 Å². The summed E-state index contributed by atoms with van der Waals surface area (Å²) in [6.45, 7) is 2.75. The molecule has 3 rings (SSSR count). The van der Waals surface area contributed by atoms with Crippen molar-refractivity contribution in [1.29, 1.82) is 0 Å². The highest BCUT2D eigenvalue weighted by molar-refractivity contribution is 5.94. The second-order valence-electron chi connectivity index (χ2n) is 7.13. The van der Waals surface area contributed by atoms with Crippen LogP contribution in [-0.4, -0.2) is 30.4 Å². The first kappa shape index (κ1) is 19.9. The predicted molar refractivity (Wildman–Crippen MR) is 110 cm³/mol. The number of benzene rings is 2. The van der Waals surface area contributed by atoms with Gasteiger partial charge in [-0.25, -0.2) is 0 Å². The topological polar surface area (TPSA) is 58.6 Å². The fraction of sp³-hybridized carbons (Fsp3) is 0.391. The number of para-hydroxylation sites is 2. The third-order valence-electron chi connectivity index (χ3n) is 5.29. The van der Waals surface area contributed by atoms with Crippen molar-refractivity contribution >= 4 is 17.5 Å². The summed E-state index contributed by atoms with van der Waals surface area (Å²) in [7, 11) is 1.62. The molecular formula is C23H28N2O3. The van der Waals surface area contributed by atoms with Crippen LogP contribution in [0, 0.1) is 5.92 Å². The molecule has 0 spiro atoms. The molecule has 0 aliphatic carbocycles.